The number of aromatic nitrogens is 2. The molecular weight excluding hydrogens is 318 g/mol. The third-order valence-electron chi connectivity index (χ3n) is 3.64. The minimum atomic E-state index is 0.0227. The topological polar surface area (TPSA) is 46.4 Å². The Morgan fingerprint density at radius 1 is 1.21 bits per heavy atom. The summed E-state index contributed by atoms with van der Waals surface area (Å²) >= 11 is 1.83. The van der Waals surface area contributed by atoms with E-state index in [1.54, 1.807) is 6.20 Å². The first-order chi connectivity index (χ1) is 11.6. The summed E-state index contributed by atoms with van der Waals surface area (Å²) in [6.07, 6.45) is 4.09. The van der Waals surface area contributed by atoms with Crippen LogP contribution in [0, 0.1) is 0 Å². The minimum Gasteiger partial charge on any atom is -0.352 e. The summed E-state index contributed by atoms with van der Waals surface area (Å²) in [6.45, 7) is 4.84. The average Bonchev–Trinajstić information content (AvgIpc) is 2.98. The highest BCUT2D eigenvalue weighted by Crippen LogP contribution is 2.23. The van der Waals surface area contributed by atoms with Gasteiger partial charge >= 0.3 is 0 Å². The number of carbonyl (C=O) groups is 1. The minimum absolute atomic E-state index is 0.0227. The predicted molar refractivity (Wildman–Crippen MR) is 98.2 cm³/mol. The third-order valence-corrected chi connectivity index (χ3v) is 4.66. The number of nitrogens with zero attached hydrogens (tertiary/aromatic N) is 2. The molecule has 1 amide bonds. The fourth-order valence-electron chi connectivity index (χ4n) is 2.52. The van der Waals surface area contributed by atoms with Gasteiger partial charge in [0.05, 0.1) is 18.1 Å². The Morgan fingerprint density at radius 2 is 2.00 bits per heavy atom. The van der Waals surface area contributed by atoms with Crippen molar-refractivity contribution in [3.63, 3.8) is 0 Å². The van der Waals surface area contributed by atoms with E-state index in [9.17, 15) is 4.79 Å². The molecule has 0 bridgehead atoms. The summed E-state index contributed by atoms with van der Waals surface area (Å²) < 4.78 is 1.81. The van der Waals surface area contributed by atoms with Crippen molar-refractivity contribution in [3.8, 4) is 0 Å². The first-order valence-corrected chi connectivity index (χ1v) is 8.93. The number of amides is 1. The van der Waals surface area contributed by atoms with Gasteiger partial charge < -0.3 is 5.32 Å². The smallest absolute Gasteiger partial charge is 0.224 e. The van der Waals surface area contributed by atoms with Crippen LogP contribution < -0.4 is 5.32 Å². The molecule has 0 atom stereocenters. The normalized spacial score (nSPS) is 11.1. The largest absolute Gasteiger partial charge is 0.352 e. The van der Waals surface area contributed by atoms with Gasteiger partial charge in [0.2, 0.25) is 5.91 Å². The average molecular weight is 339 g/mol. The SMILES string of the molecule is CC(C)Sc1ccc(CC(=O)NCc2cnn3ccccc23)cc1. The lowest BCUT2D eigenvalue weighted by Gasteiger charge is -2.07. The Kier molecular flexibility index (Phi) is 5.20. The molecule has 1 N–H and O–H groups in total. The van der Waals surface area contributed by atoms with Gasteiger partial charge in [-0.15, -0.1) is 11.8 Å². The zero-order chi connectivity index (χ0) is 16.9. The van der Waals surface area contributed by atoms with E-state index in [4.69, 9.17) is 0 Å². The van der Waals surface area contributed by atoms with Crippen LogP contribution in [-0.4, -0.2) is 20.8 Å². The van der Waals surface area contributed by atoms with E-state index < -0.39 is 0 Å². The number of nitrogens with one attached hydrogen (secondary N) is 1. The maximum atomic E-state index is 12.2. The molecule has 1 aromatic carbocycles. The van der Waals surface area contributed by atoms with Crippen molar-refractivity contribution < 1.29 is 4.79 Å². The molecule has 0 unspecified atom stereocenters. The quantitative estimate of drug-likeness (QED) is 0.697. The molecule has 0 aliphatic heterocycles. The highest BCUT2D eigenvalue weighted by Gasteiger charge is 2.07. The van der Waals surface area contributed by atoms with Crippen molar-refractivity contribution >= 4 is 23.2 Å². The van der Waals surface area contributed by atoms with E-state index in [-0.39, 0.29) is 5.91 Å². The van der Waals surface area contributed by atoms with Crippen LogP contribution in [0.5, 0.6) is 0 Å². The molecule has 2 heterocycles. The monoisotopic (exact) mass is 339 g/mol. The molecule has 0 saturated carbocycles. The van der Waals surface area contributed by atoms with Crippen molar-refractivity contribution in [2.24, 2.45) is 0 Å². The number of rotatable bonds is 6. The molecule has 4 nitrogen and oxygen atoms in total. The molecule has 3 rings (SSSR count). The molecule has 0 saturated heterocycles. The summed E-state index contributed by atoms with van der Waals surface area (Å²) in [7, 11) is 0. The molecule has 24 heavy (non-hydrogen) atoms. The van der Waals surface area contributed by atoms with Gasteiger partial charge in [-0.25, -0.2) is 4.52 Å². The van der Waals surface area contributed by atoms with Crippen LogP contribution in [0.15, 0.2) is 59.8 Å². The zero-order valence-corrected chi connectivity index (χ0v) is 14.7. The number of fused-ring (bicyclic) bond motifs is 1. The molecule has 0 aliphatic rings. The molecule has 0 fully saturated rings. The molecule has 0 spiro atoms. The lowest BCUT2D eigenvalue weighted by Crippen LogP contribution is -2.24. The van der Waals surface area contributed by atoms with E-state index in [1.807, 2.05) is 52.8 Å². The van der Waals surface area contributed by atoms with Crippen LogP contribution in [-0.2, 0) is 17.8 Å². The highest BCUT2D eigenvalue weighted by molar-refractivity contribution is 7.99. The van der Waals surface area contributed by atoms with Crippen LogP contribution >= 0.6 is 11.8 Å². The van der Waals surface area contributed by atoms with E-state index in [2.05, 4.69) is 36.4 Å². The standard InChI is InChI=1S/C19H21N3OS/c1-14(2)24-17-8-6-15(7-9-17)11-19(23)20-12-16-13-21-22-10-4-3-5-18(16)22/h3-10,13-14H,11-12H2,1-2H3,(H,20,23). The maximum Gasteiger partial charge on any atom is 0.224 e. The summed E-state index contributed by atoms with van der Waals surface area (Å²) in [4.78, 5) is 13.4. The number of carbonyl (C=O) groups excluding carboxylic acids is 1. The van der Waals surface area contributed by atoms with E-state index in [0.717, 1.165) is 16.6 Å². The number of hydrogen-bond acceptors (Lipinski definition) is 3. The van der Waals surface area contributed by atoms with E-state index >= 15 is 0 Å². The van der Waals surface area contributed by atoms with Crippen LogP contribution in [0.4, 0.5) is 0 Å². The Labute approximate surface area is 146 Å². The van der Waals surface area contributed by atoms with Gasteiger partial charge in [0.1, 0.15) is 0 Å². The number of thioether (sulfide) groups is 1. The molecule has 3 aromatic rings. The summed E-state index contributed by atoms with van der Waals surface area (Å²) in [6, 6.07) is 14.1. The molecular formula is C19H21N3OS. The van der Waals surface area contributed by atoms with Gasteiger partial charge in [0.25, 0.3) is 0 Å². The van der Waals surface area contributed by atoms with Crippen molar-refractivity contribution in [2.75, 3.05) is 0 Å². The fourth-order valence-corrected chi connectivity index (χ4v) is 3.36. The first-order valence-electron chi connectivity index (χ1n) is 8.05. The second-order valence-corrected chi connectivity index (χ2v) is 7.61. The van der Waals surface area contributed by atoms with E-state index in [1.165, 1.54) is 4.90 Å². The molecule has 2 aromatic heterocycles. The second-order valence-electron chi connectivity index (χ2n) is 5.96. The second kappa shape index (κ2) is 7.53. The summed E-state index contributed by atoms with van der Waals surface area (Å²) in [5, 5.41) is 7.81. The molecule has 0 aliphatic carbocycles. The van der Waals surface area contributed by atoms with E-state index in [0.29, 0.717) is 18.2 Å². The zero-order valence-electron chi connectivity index (χ0n) is 13.9. The third kappa shape index (κ3) is 4.17. The molecule has 5 heteroatoms. The van der Waals surface area contributed by atoms with Crippen LogP contribution in [0.2, 0.25) is 0 Å². The van der Waals surface area contributed by atoms with Gasteiger partial charge in [-0.3, -0.25) is 4.79 Å². The maximum absolute atomic E-state index is 12.2. The van der Waals surface area contributed by atoms with Crippen LogP contribution in [0.1, 0.15) is 25.0 Å². The molecule has 124 valence electrons. The van der Waals surface area contributed by atoms with Crippen LogP contribution in [0.3, 0.4) is 0 Å². The lowest BCUT2D eigenvalue weighted by molar-refractivity contribution is -0.120. The predicted octanol–water partition coefficient (Wildman–Crippen LogP) is 3.69. The Bertz CT molecular complexity index is 824. The molecule has 0 radical (unpaired) electrons. The van der Waals surface area contributed by atoms with Gasteiger partial charge in [-0.2, -0.15) is 5.10 Å². The fraction of sp³-hybridized carbons (Fsp3) is 0.263. The number of benzene rings is 1. The lowest BCUT2D eigenvalue weighted by atomic mass is 10.1. The van der Waals surface area contributed by atoms with Crippen molar-refractivity contribution in [1.29, 1.82) is 0 Å². The number of hydrogen-bond donors (Lipinski definition) is 1. The summed E-state index contributed by atoms with van der Waals surface area (Å²) in [5.74, 6) is 0.0227. The van der Waals surface area contributed by atoms with Crippen molar-refractivity contribution in [1.82, 2.24) is 14.9 Å². The van der Waals surface area contributed by atoms with Gasteiger partial charge in [-0.05, 0) is 29.8 Å². The van der Waals surface area contributed by atoms with Gasteiger partial charge in [-0.1, -0.05) is 32.0 Å². The Balaban J connectivity index is 1.56. The number of pyridine rings is 1. The van der Waals surface area contributed by atoms with Crippen molar-refractivity contribution in [3.05, 3.63) is 66.0 Å². The Morgan fingerprint density at radius 3 is 2.75 bits per heavy atom. The van der Waals surface area contributed by atoms with Crippen molar-refractivity contribution in [2.45, 2.75) is 37.0 Å². The summed E-state index contributed by atoms with van der Waals surface area (Å²) in [5.41, 5.74) is 3.07. The van der Waals surface area contributed by atoms with Crippen LogP contribution in [0.25, 0.3) is 5.52 Å². The van der Waals surface area contributed by atoms with Gasteiger partial charge in [0.15, 0.2) is 0 Å². The Hall–Kier alpha value is -2.27. The first kappa shape index (κ1) is 16.6. The highest BCUT2D eigenvalue weighted by atomic mass is 32.2. The van der Waals surface area contributed by atoms with Gasteiger partial charge in [0, 0.05) is 28.5 Å².